The first-order valence-corrected chi connectivity index (χ1v) is 6.40. The number of piperazine rings is 1. The zero-order valence-corrected chi connectivity index (χ0v) is 11.0. The summed E-state index contributed by atoms with van der Waals surface area (Å²) in [6, 6.07) is 1.62. The molecule has 6 heteroatoms. The average Bonchev–Trinajstić information content (AvgIpc) is 2.76. The fourth-order valence-corrected chi connectivity index (χ4v) is 2.10. The van der Waals surface area contributed by atoms with Gasteiger partial charge >= 0.3 is 6.03 Å². The van der Waals surface area contributed by atoms with Gasteiger partial charge in [-0.05, 0) is 19.9 Å². The number of nitrogens with one attached hydrogen (secondary N) is 1. The van der Waals surface area contributed by atoms with Crippen molar-refractivity contribution in [3.8, 4) is 0 Å². The van der Waals surface area contributed by atoms with Crippen molar-refractivity contribution in [3.63, 3.8) is 0 Å². The van der Waals surface area contributed by atoms with Crippen LogP contribution >= 0.6 is 0 Å². The third-order valence-corrected chi connectivity index (χ3v) is 3.06. The minimum atomic E-state index is -0.0977. The summed E-state index contributed by atoms with van der Waals surface area (Å²) in [6.07, 6.45) is 1.16. The van der Waals surface area contributed by atoms with E-state index in [1.54, 1.807) is 13.0 Å². The fraction of sp³-hybridized carbons (Fsp3) is 0.667. The smallest absolute Gasteiger partial charge is 0.323 e. The van der Waals surface area contributed by atoms with Gasteiger partial charge in [-0.1, -0.05) is 12.1 Å². The molecule has 0 bridgehead atoms. The molecule has 2 rings (SSSR count). The maximum atomic E-state index is 12.0. The Hall–Kier alpha value is -1.56. The van der Waals surface area contributed by atoms with Crippen molar-refractivity contribution >= 4 is 11.8 Å². The van der Waals surface area contributed by atoms with Crippen LogP contribution in [0.25, 0.3) is 0 Å². The van der Waals surface area contributed by atoms with Crippen LogP contribution in [0.5, 0.6) is 0 Å². The lowest BCUT2D eigenvalue weighted by atomic mass is 10.3. The molecular formula is C12H20N4O2. The van der Waals surface area contributed by atoms with Crippen molar-refractivity contribution in [1.29, 1.82) is 0 Å². The number of nitrogens with zero attached hydrogens (tertiary/aromatic N) is 3. The number of urea groups is 1. The van der Waals surface area contributed by atoms with Crippen LogP contribution in [0, 0.1) is 6.92 Å². The van der Waals surface area contributed by atoms with E-state index in [1.165, 1.54) is 0 Å². The van der Waals surface area contributed by atoms with Crippen molar-refractivity contribution < 1.29 is 9.32 Å². The number of carbonyl (C=O) groups is 1. The second-order valence-electron chi connectivity index (χ2n) is 4.58. The van der Waals surface area contributed by atoms with Crippen LogP contribution < -0.4 is 5.32 Å². The third kappa shape index (κ3) is 3.22. The van der Waals surface area contributed by atoms with Crippen molar-refractivity contribution in [2.24, 2.45) is 0 Å². The SMILES string of the molecule is CCCN1CCN(C(=O)Nc2cc(C)on2)CC1. The van der Waals surface area contributed by atoms with Crippen molar-refractivity contribution in [1.82, 2.24) is 15.0 Å². The number of anilines is 1. The van der Waals surface area contributed by atoms with E-state index in [0.29, 0.717) is 11.6 Å². The molecule has 100 valence electrons. The molecule has 0 spiro atoms. The Morgan fingerprint density at radius 3 is 2.72 bits per heavy atom. The summed E-state index contributed by atoms with van der Waals surface area (Å²) >= 11 is 0. The van der Waals surface area contributed by atoms with Crippen LogP contribution in [-0.2, 0) is 0 Å². The molecule has 1 aromatic heterocycles. The van der Waals surface area contributed by atoms with Crippen molar-refractivity contribution in [2.45, 2.75) is 20.3 Å². The van der Waals surface area contributed by atoms with E-state index in [9.17, 15) is 4.79 Å². The first-order valence-electron chi connectivity index (χ1n) is 6.40. The van der Waals surface area contributed by atoms with Gasteiger partial charge < -0.3 is 9.42 Å². The maximum Gasteiger partial charge on any atom is 0.323 e. The lowest BCUT2D eigenvalue weighted by Gasteiger charge is -2.34. The molecule has 1 aliphatic rings. The number of carbonyl (C=O) groups excluding carboxylic acids is 1. The molecule has 1 saturated heterocycles. The van der Waals surface area contributed by atoms with Crippen LogP contribution in [0.4, 0.5) is 10.6 Å². The van der Waals surface area contributed by atoms with Crippen LogP contribution in [0.15, 0.2) is 10.6 Å². The molecule has 2 amide bonds. The second kappa shape index (κ2) is 5.86. The molecule has 0 unspecified atom stereocenters. The highest BCUT2D eigenvalue weighted by Gasteiger charge is 2.21. The van der Waals surface area contributed by atoms with E-state index in [2.05, 4.69) is 22.3 Å². The van der Waals surface area contributed by atoms with Crippen molar-refractivity contribution in [3.05, 3.63) is 11.8 Å². The van der Waals surface area contributed by atoms with E-state index in [1.807, 2.05) is 4.90 Å². The fourth-order valence-electron chi connectivity index (χ4n) is 2.10. The molecule has 1 N–H and O–H groups in total. The number of hydrogen-bond donors (Lipinski definition) is 1. The van der Waals surface area contributed by atoms with Gasteiger partial charge in [0.2, 0.25) is 0 Å². The number of aryl methyl sites for hydroxylation is 1. The van der Waals surface area contributed by atoms with E-state index in [0.717, 1.165) is 39.1 Å². The minimum absolute atomic E-state index is 0.0977. The zero-order valence-electron chi connectivity index (χ0n) is 11.0. The Morgan fingerprint density at radius 1 is 1.44 bits per heavy atom. The molecule has 18 heavy (non-hydrogen) atoms. The summed E-state index contributed by atoms with van der Waals surface area (Å²) in [7, 11) is 0. The van der Waals surface area contributed by atoms with Crippen molar-refractivity contribution in [2.75, 3.05) is 38.0 Å². The number of hydrogen-bond acceptors (Lipinski definition) is 4. The molecule has 0 aromatic carbocycles. The third-order valence-electron chi connectivity index (χ3n) is 3.06. The van der Waals surface area contributed by atoms with Gasteiger partial charge in [0, 0.05) is 32.2 Å². The van der Waals surface area contributed by atoms with Crippen LogP contribution in [-0.4, -0.2) is 53.7 Å². The molecule has 1 aliphatic heterocycles. The predicted octanol–water partition coefficient (Wildman–Crippen LogP) is 1.54. The van der Waals surface area contributed by atoms with E-state index in [-0.39, 0.29) is 6.03 Å². The molecule has 0 saturated carbocycles. The van der Waals surface area contributed by atoms with Gasteiger partial charge in [0.15, 0.2) is 5.82 Å². The van der Waals surface area contributed by atoms with Gasteiger partial charge in [-0.3, -0.25) is 10.2 Å². The van der Waals surface area contributed by atoms with E-state index >= 15 is 0 Å². The van der Waals surface area contributed by atoms with Gasteiger partial charge in [-0.15, -0.1) is 0 Å². The first kappa shape index (κ1) is 12.9. The summed E-state index contributed by atoms with van der Waals surface area (Å²) in [5.74, 6) is 1.17. The normalized spacial score (nSPS) is 16.9. The standard InChI is InChI=1S/C12H20N4O2/c1-3-4-15-5-7-16(8-6-15)12(17)13-11-9-10(2)18-14-11/h9H,3-8H2,1-2H3,(H,13,14,17). The predicted molar refractivity (Wildman–Crippen MR) is 68.6 cm³/mol. The maximum absolute atomic E-state index is 12.0. The van der Waals surface area contributed by atoms with Crippen LogP contribution in [0.3, 0.4) is 0 Å². The quantitative estimate of drug-likeness (QED) is 0.886. The molecule has 1 fully saturated rings. The minimum Gasteiger partial charge on any atom is -0.360 e. The molecule has 2 heterocycles. The summed E-state index contributed by atoms with van der Waals surface area (Å²) in [4.78, 5) is 16.2. The lowest BCUT2D eigenvalue weighted by Crippen LogP contribution is -2.50. The average molecular weight is 252 g/mol. The number of amides is 2. The van der Waals surface area contributed by atoms with Crippen LogP contribution in [0.2, 0.25) is 0 Å². The first-order chi connectivity index (χ1) is 8.69. The molecule has 0 atom stereocenters. The monoisotopic (exact) mass is 252 g/mol. The zero-order chi connectivity index (χ0) is 13.0. The Kier molecular flexibility index (Phi) is 4.19. The van der Waals surface area contributed by atoms with Gasteiger partial charge in [-0.2, -0.15) is 0 Å². The van der Waals surface area contributed by atoms with Gasteiger partial charge in [0.25, 0.3) is 0 Å². The molecule has 0 radical (unpaired) electrons. The summed E-state index contributed by atoms with van der Waals surface area (Å²) in [5, 5.41) is 6.49. The highest BCUT2D eigenvalue weighted by molar-refractivity contribution is 5.88. The molecule has 1 aromatic rings. The Bertz CT molecular complexity index is 397. The Morgan fingerprint density at radius 2 is 2.17 bits per heavy atom. The second-order valence-corrected chi connectivity index (χ2v) is 4.58. The summed E-state index contributed by atoms with van der Waals surface area (Å²) < 4.78 is 4.91. The lowest BCUT2D eigenvalue weighted by molar-refractivity contribution is 0.147. The molecule has 0 aliphatic carbocycles. The van der Waals surface area contributed by atoms with Gasteiger partial charge in [0.1, 0.15) is 5.76 Å². The highest BCUT2D eigenvalue weighted by atomic mass is 16.5. The van der Waals surface area contributed by atoms with Crippen LogP contribution in [0.1, 0.15) is 19.1 Å². The Labute approximate surface area is 107 Å². The number of rotatable bonds is 3. The largest absolute Gasteiger partial charge is 0.360 e. The topological polar surface area (TPSA) is 61.6 Å². The van der Waals surface area contributed by atoms with E-state index in [4.69, 9.17) is 4.52 Å². The molecule has 6 nitrogen and oxygen atoms in total. The summed E-state index contributed by atoms with van der Waals surface area (Å²) in [6.45, 7) is 8.50. The number of aromatic nitrogens is 1. The summed E-state index contributed by atoms with van der Waals surface area (Å²) in [5.41, 5.74) is 0. The Balaban J connectivity index is 1.80. The highest BCUT2D eigenvalue weighted by Crippen LogP contribution is 2.09. The molecular weight excluding hydrogens is 232 g/mol. The van der Waals surface area contributed by atoms with Gasteiger partial charge in [-0.25, -0.2) is 4.79 Å². The van der Waals surface area contributed by atoms with Gasteiger partial charge in [0.05, 0.1) is 0 Å². The van der Waals surface area contributed by atoms with E-state index < -0.39 is 0 Å².